The van der Waals surface area contributed by atoms with Crippen LogP contribution in [-0.4, -0.2) is 14.2 Å². The van der Waals surface area contributed by atoms with Crippen molar-refractivity contribution in [1.29, 1.82) is 5.26 Å². The Balaban J connectivity index is 2.23. The van der Waals surface area contributed by atoms with Crippen LogP contribution >= 0.6 is 11.6 Å². The van der Waals surface area contributed by atoms with Crippen molar-refractivity contribution in [1.82, 2.24) is 0 Å². The number of ether oxygens (including phenoxy) is 1. The summed E-state index contributed by atoms with van der Waals surface area (Å²) >= 11 is 5.86. The Hall–Kier alpha value is -1.97. The first-order valence-corrected chi connectivity index (χ1v) is 8.26. The van der Waals surface area contributed by atoms with E-state index in [4.69, 9.17) is 22.1 Å². The summed E-state index contributed by atoms with van der Waals surface area (Å²) in [5.41, 5.74) is 6.54. The number of benzene rings is 1. The van der Waals surface area contributed by atoms with Crippen LogP contribution in [0.4, 0.5) is 0 Å². The standard InChI is InChI=1S/C14H11ClN2O3S/c15-9-3-1-8(2-4-9)12-10(7-16)14(17)20-11-5-6-21(18,19)13(11)12/h1-4,12H,5-6,17H2. The third-order valence-corrected chi connectivity index (χ3v) is 5.71. The maximum Gasteiger partial charge on any atom is 0.205 e. The highest BCUT2D eigenvalue weighted by molar-refractivity contribution is 7.95. The summed E-state index contributed by atoms with van der Waals surface area (Å²) in [5.74, 6) is -0.434. The van der Waals surface area contributed by atoms with Crippen LogP contribution < -0.4 is 5.73 Å². The molecule has 2 aliphatic heterocycles. The molecule has 2 aliphatic rings. The summed E-state index contributed by atoms with van der Waals surface area (Å²) in [7, 11) is -3.44. The largest absolute Gasteiger partial charge is 0.444 e. The van der Waals surface area contributed by atoms with E-state index in [-0.39, 0.29) is 28.5 Å². The Morgan fingerprint density at radius 2 is 2.00 bits per heavy atom. The quantitative estimate of drug-likeness (QED) is 0.855. The normalized spacial score (nSPS) is 23.5. The molecular weight excluding hydrogens is 312 g/mol. The van der Waals surface area contributed by atoms with Crippen LogP contribution in [0.2, 0.25) is 5.02 Å². The molecule has 7 heteroatoms. The Kier molecular flexibility index (Phi) is 3.19. The van der Waals surface area contributed by atoms with Crippen molar-refractivity contribution in [2.75, 3.05) is 5.75 Å². The monoisotopic (exact) mass is 322 g/mol. The van der Waals surface area contributed by atoms with Crippen LogP contribution in [0.15, 0.2) is 46.4 Å². The van der Waals surface area contributed by atoms with Gasteiger partial charge < -0.3 is 10.5 Å². The highest BCUT2D eigenvalue weighted by Gasteiger charge is 2.43. The molecule has 2 heterocycles. The molecular formula is C14H11ClN2O3S. The van der Waals surface area contributed by atoms with E-state index in [1.165, 1.54) is 0 Å². The number of nitriles is 1. The maximum absolute atomic E-state index is 12.3. The Morgan fingerprint density at radius 1 is 1.33 bits per heavy atom. The number of hydrogen-bond donors (Lipinski definition) is 1. The zero-order valence-electron chi connectivity index (χ0n) is 10.8. The Morgan fingerprint density at radius 3 is 2.62 bits per heavy atom. The molecule has 3 rings (SSSR count). The molecule has 0 bridgehead atoms. The summed E-state index contributed by atoms with van der Waals surface area (Å²) in [6.45, 7) is 0. The fraction of sp³-hybridized carbons (Fsp3) is 0.214. The summed E-state index contributed by atoms with van der Waals surface area (Å²) in [5, 5.41) is 9.86. The van der Waals surface area contributed by atoms with Gasteiger partial charge in [0.15, 0.2) is 9.84 Å². The summed E-state index contributed by atoms with van der Waals surface area (Å²) in [6, 6.07) is 8.66. The third-order valence-electron chi connectivity index (χ3n) is 3.58. The van der Waals surface area contributed by atoms with E-state index in [9.17, 15) is 13.7 Å². The maximum atomic E-state index is 12.3. The summed E-state index contributed by atoms with van der Waals surface area (Å²) < 4.78 is 29.9. The van der Waals surface area contributed by atoms with E-state index in [2.05, 4.69) is 0 Å². The summed E-state index contributed by atoms with van der Waals surface area (Å²) in [6.07, 6.45) is 0.279. The third kappa shape index (κ3) is 2.19. The Labute approximate surface area is 127 Å². The number of nitrogens with two attached hydrogens (primary N) is 1. The van der Waals surface area contributed by atoms with Crippen molar-refractivity contribution >= 4 is 21.4 Å². The smallest absolute Gasteiger partial charge is 0.205 e. The topological polar surface area (TPSA) is 93.2 Å². The predicted octanol–water partition coefficient (Wildman–Crippen LogP) is 2.18. The van der Waals surface area contributed by atoms with Crippen LogP contribution in [0.25, 0.3) is 0 Å². The van der Waals surface area contributed by atoms with Crippen molar-refractivity contribution in [3.63, 3.8) is 0 Å². The minimum Gasteiger partial charge on any atom is -0.444 e. The molecule has 0 saturated heterocycles. The first-order chi connectivity index (χ1) is 9.94. The highest BCUT2D eigenvalue weighted by atomic mass is 35.5. The number of halogens is 1. The number of hydrogen-bond acceptors (Lipinski definition) is 5. The molecule has 0 saturated carbocycles. The van der Waals surface area contributed by atoms with Crippen molar-refractivity contribution in [2.24, 2.45) is 5.73 Å². The molecule has 0 aromatic heterocycles. The van der Waals surface area contributed by atoms with Crippen LogP contribution in [-0.2, 0) is 14.6 Å². The molecule has 0 radical (unpaired) electrons. The van der Waals surface area contributed by atoms with Gasteiger partial charge in [-0.25, -0.2) is 8.42 Å². The number of sulfone groups is 1. The zero-order valence-corrected chi connectivity index (χ0v) is 12.4. The van der Waals surface area contributed by atoms with Crippen molar-refractivity contribution in [3.8, 4) is 6.07 Å². The van der Waals surface area contributed by atoms with Gasteiger partial charge in [0, 0.05) is 11.4 Å². The molecule has 108 valence electrons. The second-order valence-corrected chi connectivity index (χ2v) is 7.35. The van der Waals surface area contributed by atoms with Crippen LogP contribution in [0.1, 0.15) is 17.9 Å². The van der Waals surface area contributed by atoms with E-state index in [0.717, 1.165) is 0 Å². The molecule has 1 aromatic carbocycles. The number of allylic oxidation sites excluding steroid dienone is 3. The lowest BCUT2D eigenvalue weighted by molar-refractivity contribution is 0.276. The average molecular weight is 323 g/mol. The van der Waals surface area contributed by atoms with Gasteiger partial charge in [0.05, 0.1) is 16.6 Å². The fourth-order valence-corrected chi connectivity index (χ4v) is 4.53. The van der Waals surface area contributed by atoms with Crippen LogP contribution in [0, 0.1) is 11.3 Å². The molecule has 21 heavy (non-hydrogen) atoms. The van der Waals surface area contributed by atoms with Gasteiger partial charge in [-0.3, -0.25) is 0 Å². The van der Waals surface area contributed by atoms with E-state index < -0.39 is 15.8 Å². The molecule has 1 aromatic rings. The molecule has 0 amide bonds. The number of rotatable bonds is 1. The molecule has 0 aliphatic carbocycles. The van der Waals surface area contributed by atoms with Gasteiger partial charge in [-0.05, 0) is 17.7 Å². The molecule has 0 fully saturated rings. The SMILES string of the molecule is N#CC1=C(N)OC2=C(C1c1ccc(Cl)cc1)S(=O)(=O)CC2. The highest BCUT2D eigenvalue weighted by Crippen LogP contribution is 2.46. The van der Waals surface area contributed by atoms with E-state index in [1.807, 2.05) is 6.07 Å². The van der Waals surface area contributed by atoms with Gasteiger partial charge in [-0.1, -0.05) is 23.7 Å². The van der Waals surface area contributed by atoms with Crippen molar-refractivity contribution in [2.45, 2.75) is 12.3 Å². The first-order valence-electron chi connectivity index (χ1n) is 6.23. The van der Waals surface area contributed by atoms with Gasteiger partial charge in [0.1, 0.15) is 17.4 Å². The molecule has 1 unspecified atom stereocenters. The minimum absolute atomic E-state index is 0.0201. The first kappa shape index (κ1) is 14.0. The van der Waals surface area contributed by atoms with Gasteiger partial charge >= 0.3 is 0 Å². The second kappa shape index (κ2) is 4.79. The number of nitrogens with zero attached hydrogens (tertiary/aromatic N) is 1. The van der Waals surface area contributed by atoms with Gasteiger partial charge in [0.2, 0.25) is 5.88 Å². The van der Waals surface area contributed by atoms with E-state index >= 15 is 0 Å². The zero-order chi connectivity index (χ0) is 15.2. The van der Waals surface area contributed by atoms with Crippen molar-refractivity contribution < 1.29 is 13.2 Å². The predicted molar refractivity (Wildman–Crippen MR) is 77.5 cm³/mol. The van der Waals surface area contributed by atoms with Crippen molar-refractivity contribution in [3.05, 3.63) is 57.0 Å². The average Bonchev–Trinajstić information content (AvgIpc) is 2.74. The van der Waals surface area contributed by atoms with Gasteiger partial charge in [-0.15, -0.1) is 0 Å². The van der Waals surface area contributed by atoms with E-state index in [0.29, 0.717) is 16.3 Å². The minimum atomic E-state index is -3.44. The fourth-order valence-electron chi connectivity index (χ4n) is 2.63. The van der Waals surface area contributed by atoms with Gasteiger partial charge in [-0.2, -0.15) is 5.26 Å². The second-order valence-electron chi connectivity index (χ2n) is 4.83. The Bertz CT molecular complexity index is 817. The lowest BCUT2D eigenvalue weighted by Gasteiger charge is -2.25. The molecule has 5 nitrogen and oxygen atoms in total. The van der Waals surface area contributed by atoms with Crippen LogP contribution in [0.5, 0.6) is 0 Å². The lowest BCUT2D eigenvalue weighted by Crippen LogP contribution is -2.21. The molecule has 2 N–H and O–H groups in total. The molecule has 1 atom stereocenters. The lowest BCUT2D eigenvalue weighted by atomic mass is 9.89. The summed E-state index contributed by atoms with van der Waals surface area (Å²) in [4.78, 5) is 0.149. The van der Waals surface area contributed by atoms with Gasteiger partial charge in [0.25, 0.3) is 0 Å². The van der Waals surface area contributed by atoms with Crippen LogP contribution in [0.3, 0.4) is 0 Å². The van der Waals surface area contributed by atoms with E-state index in [1.54, 1.807) is 24.3 Å². The molecule has 0 spiro atoms.